The number of hydrogen-bond acceptors (Lipinski definition) is 3. The predicted octanol–water partition coefficient (Wildman–Crippen LogP) is 3.02. The first-order valence-corrected chi connectivity index (χ1v) is 7.36. The zero-order valence-electron chi connectivity index (χ0n) is 11.2. The molecule has 2 saturated carbocycles. The molecule has 2 aliphatic carbocycles. The number of nitrogens with one attached hydrogen (secondary N) is 1. The van der Waals surface area contributed by atoms with Gasteiger partial charge >= 0.3 is 0 Å². The molecule has 2 aliphatic rings. The van der Waals surface area contributed by atoms with Crippen molar-refractivity contribution in [3.63, 3.8) is 0 Å². The highest BCUT2D eigenvalue weighted by atomic mass is 15.0. The van der Waals surface area contributed by atoms with E-state index >= 15 is 0 Å². The van der Waals surface area contributed by atoms with Crippen LogP contribution in [0.4, 0.5) is 0 Å². The van der Waals surface area contributed by atoms with Crippen LogP contribution in [0.1, 0.15) is 62.9 Å². The molecule has 0 atom stereocenters. The minimum Gasteiger partial charge on any atom is -0.308 e. The minimum atomic E-state index is 0.599. The molecule has 0 radical (unpaired) electrons. The second-order valence-corrected chi connectivity index (χ2v) is 6.02. The summed E-state index contributed by atoms with van der Waals surface area (Å²) in [4.78, 5) is 9.24. The molecule has 98 valence electrons. The van der Waals surface area contributed by atoms with Crippen molar-refractivity contribution in [2.45, 2.75) is 64.0 Å². The Bertz CT molecular complexity index is 392. The van der Waals surface area contributed by atoms with E-state index in [2.05, 4.69) is 17.2 Å². The van der Waals surface area contributed by atoms with Gasteiger partial charge in [0.15, 0.2) is 0 Å². The maximum atomic E-state index is 4.75. The van der Waals surface area contributed by atoms with Crippen molar-refractivity contribution >= 4 is 0 Å². The standard InChI is InChI=1S/C15H23N3/c1-11-2-4-12(5-3-11)15-16-9-8-14(18-15)10-17-13-6-7-13/h8-9,11-13,17H,2-7,10H2,1H3. The summed E-state index contributed by atoms with van der Waals surface area (Å²) in [6, 6.07) is 2.79. The van der Waals surface area contributed by atoms with Crippen molar-refractivity contribution in [3.05, 3.63) is 23.8 Å². The van der Waals surface area contributed by atoms with Gasteiger partial charge in [-0.05, 0) is 37.7 Å². The monoisotopic (exact) mass is 245 g/mol. The van der Waals surface area contributed by atoms with Gasteiger partial charge in [-0.1, -0.05) is 19.8 Å². The lowest BCUT2D eigenvalue weighted by atomic mass is 9.82. The fraction of sp³-hybridized carbons (Fsp3) is 0.733. The number of hydrogen-bond donors (Lipinski definition) is 1. The smallest absolute Gasteiger partial charge is 0.131 e. The van der Waals surface area contributed by atoms with Gasteiger partial charge in [-0.15, -0.1) is 0 Å². The van der Waals surface area contributed by atoms with Crippen LogP contribution in [0.3, 0.4) is 0 Å². The molecule has 3 rings (SSSR count). The van der Waals surface area contributed by atoms with E-state index in [1.807, 2.05) is 12.3 Å². The van der Waals surface area contributed by atoms with Crippen LogP contribution in [0.2, 0.25) is 0 Å². The molecule has 0 aromatic carbocycles. The average molecular weight is 245 g/mol. The zero-order chi connectivity index (χ0) is 12.4. The van der Waals surface area contributed by atoms with E-state index in [0.717, 1.165) is 30.0 Å². The van der Waals surface area contributed by atoms with Crippen LogP contribution in [-0.2, 0) is 6.54 Å². The quantitative estimate of drug-likeness (QED) is 0.886. The number of rotatable bonds is 4. The fourth-order valence-corrected chi connectivity index (χ4v) is 2.76. The summed E-state index contributed by atoms with van der Waals surface area (Å²) in [7, 11) is 0. The summed E-state index contributed by atoms with van der Waals surface area (Å²) in [6.45, 7) is 3.26. The number of nitrogens with zero attached hydrogens (tertiary/aromatic N) is 2. The maximum absolute atomic E-state index is 4.75. The molecule has 3 heteroatoms. The lowest BCUT2D eigenvalue weighted by Gasteiger charge is -2.25. The molecule has 0 unspecified atom stereocenters. The van der Waals surface area contributed by atoms with Gasteiger partial charge in [0.1, 0.15) is 5.82 Å². The van der Waals surface area contributed by atoms with Gasteiger partial charge in [0.05, 0.1) is 5.69 Å². The molecular weight excluding hydrogens is 222 g/mol. The average Bonchev–Trinajstić information content (AvgIpc) is 3.22. The summed E-state index contributed by atoms with van der Waals surface area (Å²) in [5, 5.41) is 3.52. The van der Waals surface area contributed by atoms with Crippen molar-refractivity contribution in [1.29, 1.82) is 0 Å². The van der Waals surface area contributed by atoms with Crippen molar-refractivity contribution in [2.75, 3.05) is 0 Å². The summed E-state index contributed by atoms with van der Waals surface area (Å²) in [6.07, 6.45) is 9.79. The lowest BCUT2D eigenvalue weighted by molar-refractivity contribution is 0.339. The summed E-state index contributed by atoms with van der Waals surface area (Å²) >= 11 is 0. The fourth-order valence-electron chi connectivity index (χ4n) is 2.76. The third kappa shape index (κ3) is 3.08. The lowest BCUT2D eigenvalue weighted by Crippen LogP contribution is -2.18. The molecule has 1 heterocycles. The SMILES string of the molecule is CC1CCC(c2nccc(CNC3CC3)n2)CC1. The molecule has 0 bridgehead atoms. The largest absolute Gasteiger partial charge is 0.308 e. The highest BCUT2D eigenvalue weighted by Gasteiger charge is 2.23. The van der Waals surface area contributed by atoms with Crippen molar-refractivity contribution < 1.29 is 0 Å². The molecule has 0 spiro atoms. The van der Waals surface area contributed by atoms with Crippen LogP contribution in [0.15, 0.2) is 12.3 Å². The van der Waals surface area contributed by atoms with Gasteiger partial charge in [0.25, 0.3) is 0 Å². The van der Waals surface area contributed by atoms with E-state index in [9.17, 15) is 0 Å². The molecule has 2 fully saturated rings. The van der Waals surface area contributed by atoms with E-state index in [-0.39, 0.29) is 0 Å². The van der Waals surface area contributed by atoms with Crippen LogP contribution in [0, 0.1) is 5.92 Å². The molecular formula is C15H23N3. The molecule has 1 N–H and O–H groups in total. The topological polar surface area (TPSA) is 37.8 Å². The summed E-state index contributed by atoms with van der Waals surface area (Å²) in [5.41, 5.74) is 1.16. The van der Waals surface area contributed by atoms with Gasteiger partial charge in [0.2, 0.25) is 0 Å². The molecule has 0 saturated heterocycles. The Morgan fingerprint density at radius 3 is 2.67 bits per heavy atom. The molecule has 1 aromatic rings. The van der Waals surface area contributed by atoms with Gasteiger partial charge in [-0.2, -0.15) is 0 Å². The normalized spacial score (nSPS) is 28.3. The summed E-state index contributed by atoms with van der Waals surface area (Å²) < 4.78 is 0. The van der Waals surface area contributed by atoms with E-state index in [1.54, 1.807) is 0 Å². The molecule has 0 amide bonds. The third-order valence-electron chi connectivity index (χ3n) is 4.26. The molecule has 1 aromatic heterocycles. The van der Waals surface area contributed by atoms with Crippen LogP contribution in [-0.4, -0.2) is 16.0 Å². The van der Waals surface area contributed by atoms with Gasteiger partial charge in [-0.3, -0.25) is 0 Å². The third-order valence-corrected chi connectivity index (χ3v) is 4.26. The molecule has 3 nitrogen and oxygen atoms in total. The predicted molar refractivity (Wildman–Crippen MR) is 72.3 cm³/mol. The van der Waals surface area contributed by atoms with Gasteiger partial charge in [0, 0.05) is 24.7 Å². The van der Waals surface area contributed by atoms with E-state index in [0.29, 0.717) is 5.92 Å². The highest BCUT2D eigenvalue weighted by Crippen LogP contribution is 2.33. The van der Waals surface area contributed by atoms with E-state index < -0.39 is 0 Å². The van der Waals surface area contributed by atoms with Crippen molar-refractivity contribution in [3.8, 4) is 0 Å². The second-order valence-electron chi connectivity index (χ2n) is 6.02. The maximum Gasteiger partial charge on any atom is 0.131 e. The van der Waals surface area contributed by atoms with Gasteiger partial charge in [-0.25, -0.2) is 9.97 Å². The van der Waals surface area contributed by atoms with Crippen molar-refractivity contribution in [2.24, 2.45) is 5.92 Å². The zero-order valence-corrected chi connectivity index (χ0v) is 11.2. The summed E-state index contributed by atoms with van der Waals surface area (Å²) in [5.74, 6) is 2.57. The van der Waals surface area contributed by atoms with Crippen LogP contribution < -0.4 is 5.32 Å². The number of aromatic nitrogens is 2. The van der Waals surface area contributed by atoms with Crippen LogP contribution >= 0.6 is 0 Å². The Morgan fingerprint density at radius 2 is 1.94 bits per heavy atom. The second kappa shape index (κ2) is 5.35. The van der Waals surface area contributed by atoms with E-state index in [1.165, 1.54) is 38.5 Å². The Labute approximate surface area is 109 Å². The highest BCUT2D eigenvalue weighted by molar-refractivity contribution is 5.07. The molecule has 18 heavy (non-hydrogen) atoms. The van der Waals surface area contributed by atoms with Crippen molar-refractivity contribution in [1.82, 2.24) is 15.3 Å². The van der Waals surface area contributed by atoms with E-state index in [4.69, 9.17) is 4.98 Å². The Kier molecular flexibility index (Phi) is 3.59. The first-order valence-electron chi connectivity index (χ1n) is 7.36. The van der Waals surface area contributed by atoms with Crippen LogP contribution in [0.25, 0.3) is 0 Å². The first-order chi connectivity index (χ1) is 8.81. The minimum absolute atomic E-state index is 0.599. The van der Waals surface area contributed by atoms with Gasteiger partial charge < -0.3 is 5.32 Å². The first kappa shape index (κ1) is 12.1. The Morgan fingerprint density at radius 1 is 1.17 bits per heavy atom. The van der Waals surface area contributed by atoms with Crippen LogP contribution in [0.5, 0.6) is 0 Å². The Hall–Kier alpha value is -0.960. The molecule has 0 aliphatic heterocycles. The Balaban J connectivity index is 1.62.